The fourth-order valence-corrected chi connectivity index (χ4v) is 4.24. The van der Waals surface area contributed by atoms with Crippen LogP contribution in [0.2, 0.25) is 0 Å². The van der Waals surface area contributed by atoms with Crippen molar-refractivity contribution < 1.29 is 24.2 Å². The zero-order valence-corrected chi connectivity index (χ0v) is 21.3. The first kappa shape index (κ1) is 26.4. The van der Waals surface area contributed by atoms with Crippen molar-refractivity contribution in [1.29, 1.82) is 0 Å². The lowest BCUT2D eigenvalue weighted by Crippen LogP contribution is -2.50. The predicted molar refractivity (Wildman–Crippen MR) is 136 cm³/mol. The van der Waals surface area contributed by atoms with Gasteiger partial charge in [0.15, 0.2) is 0 Å². The van der Waals surface area contributed by atoms with Gasteiger partial charge in [0.25, 0.3) is 0 Å². The number of nitrogens with zero attached hydrogens (tertiary/aromatic N) is 1. The number of carbonyl (C=O) groups is 2. The van der Waals surface area contributed by atoms with Gasteiger partial charge in [-0.15, -0.1) is 0 Å². The first-order valence-electron chi connectivity index (χ1n) is 12.6. The molecule has 0 bridgehead atoms. The highest BCUT2D eigenvalue weighted by atomic mass is 16.5. The van der Waals surface area contributed by atoms with Crippen LogP contribution >= 0.6 is 0 Å². The molecule has 1 aliphatic rings. The molecule has 0 heterocycles. The monoisotopic (exact) mass is 482 g/mol. The highest BCUT2D eigenvalue weighted by molar-refractivity contribution is 5.89. The lowest BCUT2D eigenvalue weighted by molar-refractivity contribution is -0.140. The number of rotatable bonds is 13. The van der Waals surface area contributed by atoms with Crippen LogP contribution in [-0.2, 0) is 11.2 Å². The number of carboxylic acid groups (broad SMARTS) is 1. The van der Waals surface area contributed by atoms with Crippen LogP contribution in [0, 0.1) is 6.92 Å². The largest absolute Gasteiger partial charge is 0.493 e. The van der Waals surface area contributed by atoms with Crippen LogP contribution < -0.4 is 14.8 Å². The summed E-state index contributed by atoms with van der Waals surface area (Å²) < 4.78 is 11.7. The minimum absolute atomic E-state index is 0.296. The number of aliphatic carboxylic acids is 1. The first-order chi connectivity index (χ1) is 16.8. The summed E-state index contributed by atoms with van der Waals surface area (Å²) in [5, 5.41) is 12.4. The van der Waals surface area contributed by atoms with Gasteiger partial charge in [-0.1, -0.05) is 30.3 Å². The Kier molecular flexibility index (Phi) is 9.01. The minimum Gasteiger partial charge on any atom is -0.493 e. The molecule has 1 fully saturated rings. The second-order valence-corrected chi connectivity index (χ2v) is 9.14. The molecule has 2 N–H and O–H groups in total. The molecule has 7 heteroatoms. The van der Waals surface area contributed by atoms with Crippen LogP contribution in [0.15, 0.2) is 42.5 Å². The standard InChI is InChI=1S/C28H38N2O5/c1-5-34-24-18-23(19-25(20(24)3)35-6-2)21(4)30(27(33)29-28(15-16-28)26(31)32)17-11-10-14-22-12-8-7-9-13-22/h7-9,12-13,18-19,21H,5-6,10-11,14-17H2,1-4H3,(H,29,33)(H,31,32). The minimum atomic E-state index is -1.14. The van der Waals surface area contributed by atoms with Gasteiger partial charge >= 0.3 is 12.0 Å². The number of hydrogen-bond donors (Lipinski definition) is 2. The summed E-state index contributed by atoms with van der Waals surface area (Å²) >= 11 is 0. The highest BCUT2D eigenvalue weighted by Crippen LogP contribution is 2.37. The zero-order valence-electron chi connectivity index (χ0n) is 21.3. The van der Waals surface area contributed by atoms with Gasteiger partial charge in [-0.3, -0.25) is 0 Å². The lowest BCUT2D eigenvalue weighted by atomic mass is 10.0. The summed E-state index contributed by atoms with van der Waals surface area (Å²) in [5.41, 5.74) is 1.94. The van der Waals surface area contributed by atoms with Crippen molar-refractivity contribution in [3.8, 4) is 11.5 Å². The van der Waals surface area contributed by atoms with Crippen LogP contribution in [0.1, 0.15) is 69.2 Å². The van der Waals surface area contributed by atoms with E-state index in [1.54, 1.807) is 4.90 Å². The van der Waals surface area contributed by atoms with E-state index in [0.29, 0.717) is 32.6 Å². The Labute approximate surface area is 208 Å². The highest BCUT2D eigenvalue weighted by Gasteiger charge is 2.52. The molecule has 3 rings (SSSR count). The Bertz CT molecular complexity index is 977. The van der Waals surface area contributed by atoms with E-state index < -0.39 is 11.5 Å². The summed E-state index contributed by atoms with van der Waals surface area (Å²) in [7, 11) is 0. The molecule has 0 aliphatic heterocycles. The quantitative estimate of drug-likeness (QED) is 0.368. The number of aryl methyl sites for hydroxylation is 1. The van der Waals surface area contributed by atoms with Crippen LogP contribution in [0.3, 0.4) is 0 Å². The average molecular weight is 483 g/mol. The van der Waals surface area contributed by atoms with Gasteiger partial charge < -0.3 is 24.8 Å². The van der Waals surface area contributed by atoms with Gasteiger partial charge in [-0.2, -0.15) is 0 Å². The number of amides is 2. The molecule has 2 aromatic rings. The molecule has 1 saturated carbocycles. The third-order valence-electron chi connectivity index (χ3n) is 6.61. The van der Waals surface area contributed by atoms with Crippen molar-refractivity contribution in [3.63, 3.8) is 0 Å². The zero-order chi connectivity index (χ0) is 25.4. The van der Waals surface area contributed by atoms with Gasteiger partial charge in [-0.05, 0) is 83.1 Å². The molecule has 2 amide bonds. The Morgan fingerprint density at radius 3 is 2.17 bits per heavy atom. The molecule has 0 spiro atoms. The number of hydrogen-bond acceptors (Lipinski definition) is 4. The van der Waals surface area contributed by atoms with Gasteiger partial charge in [0.05, 0.1) is 19.3 Å². The number of carbonyl (C=O) groups excluding carboxylic acids is 1. The van der Waals surface area contributed by atoms with Crippen LogP contribution in [0.4, 0.5) is 4.79 Å². The lowest BCUT2D eigenvalue weighted by Gasteiger charge is -2.32. The molecule has 190 valence electrons. The Morgan fingerprint density at radius 1 is 1.06 bits per heavy atom. The Hall–Kier alpha value is -3.22. The maximum absolute atomic E-state index is 13.4. The van der Waals surface area contributed by atoms with Gasteiger partial charge in [0.1, 0.15) is 17.0 Å². The van der Waals surface area contributed by atoms with Crippen LogP contribution in [0.5, 0.6) is 11.5 Å². The predicted octanol–water partition coefficient (Wildman–Crippen LogP) is 5.51. The third-order valence-corrected chi connectivity index (χ3v) is 6.61. The number of urea groups is 1. The van der Waals surface area contributed by atoms with E-state index in [2.05, 4.69) is 17.4 Å². The normalized spacial score (nSPS) is 14.6. The van der Waals surface area contributed by atoms with E-state index in [1.165, 1.54) is 5.56 Å². The number of benzene rings is 2. The molecule has 1 aliphatic carbocycles. The number of unbranched alkanes of at least 4 members (excludes halogenated alkanes) is 1. The topological polar surface area (TPSA) is 88.1 Å². The van der Waals surface area contributed by atoms with Crippen molar-refractivity contribution in [2.45, 2.75) is 71.4 Å². The molecular formula is C28H38N2O5. The Balaban J connectivity index is 1.81. The maximum atomic E-state index is 13.4. The van der Waals surface area contributed by atoms with Crippen LogP contribution in [-0.4, -0.2) is 47.3 Å². The summed E-state index contributed by atoms with van der Waals surface area (Å²) in [4.78, 5) is 26.8. The van der Waals surface area contributed by atoms with Crippen molar-refractivity contribution in [3.05, 3.63) is 59.2 Å². The van der Waals surface area contributed by atoms with E-state index in [4.69, 9.17) is 9.47 Å². The summed E-state index contributed by atoms with van der Waals surface area (Å²) in [6.45, 7) is 9.35. The molecule has 7 nitrogen and oxygen atoms in total. The number of ether oxygens (including phenoxy) is 2. The smallest absolute Gasteiger partial charge is 0.329 e. The molecule has 0 saturated heterocycles. The SMILES string of the molecule is CCOc1cc(C(C)N(CCCCc2ccccc2)C(=O)NC2(C(=O)O)CC2)cc(OCC)c1C. The summed E-state index contributed by atoms with van der Waals surface area (Å²) in [6.07, 6.45) is 3.56. The second kappa shape index (κ2) is 12.0. The van der Waals surface area contributed by atoms with E-state index in [-0.39, 0.29) is 12.1 Å². The molecule has 0 radical (unpaired) electrons. The van der Waals surface area contributed by atoms with E-state index in [9.17, 15) is 14.7 Å². The molecule has 1 atom stereocenters. The number of carboxylic acids is 1. The molecular weight excluding hydrogens is 444 g/mol. The summed E-state index contributed by atoms with van der Waals surface area (Å²) in [6, 6.07) is 13.5. The maximum Gasteiger partial charge on any atom is 0.329 e. The molecule has 1 unspecified atom stereocenters. The fourth-order valence-electron chi connectivity index (χ4n) is 4.24. The van der Waals surface area contributed by atoms with E-state index in [0.717, 1.165) is 41.9 Å². The molecule has 2 aromatic carbocycles. The molecule has 0 aromatic heterocycles. The van der Waals surface area contributed by atoms with Crippen molar-refractivity contribution >= 4 is 12.0 Å². The van der Waals surface area contributed by atoms with Crippen molar-refractivity contribution in [1.82, 2.24) is 10.2 Å². The summed E-state index contributed by atoms with van der Waals surface area (Å²) in [5.74, 6) is 0.484. The van der Waals surface area contributed by atoms with E-state index >= 15 is 0 Å². The molecule has 35 heavy (non-hydrogen) atoms. The third kappa shape index (κ3) is 6.68. The van der Waals surface area contributed by atoms with Crippen molar-refractivity contribution in [2.75, 3.05) is 19.8 Å². The van der Waals surface area contributed by atoms with Gasteiger partial charge in [-0.25, -0.2) is 9.59 Å². The second-order valence-electron chi connectivity index (χ2n) is 9.14. The van der Waals surface area contributed by atoms with Gasteiger partial charge in [0.2, 0.25) is 0 Å². The number of nitrogens with one attached hydrogen (secondary N) is 1. The van der Waals surface area contributed by atoms with Crippen molar-refractivity contribution in [2.24, 2.45) is 0 Å². The fraction of sp³-hybridized carbons (Fsp3) is 0.500. The van der Waals surface area contributed by atoms with Crippen LogP contribution in [0.25, 0.3) is 0 Å². The first-order valence-corrected chi connectivity index (χ1v) is 12.6. The Morgan fingerprint density at radius 2 is 1.66 bits per heavy atom. The average Bonchev–Trinajstić information content (AvgIpc) is 3.63. The van der Waals surface area contributed by atoms with Gasteiger partial charge in [0, 0.05) is 12.1 Å². The van der Waals surface area contributed by atoms with E-state index in [1.807, 2.05) is 58.0 Å².